The number of carbonyl (C=O) groups excluding carboxylic acids is 1. The van der Waals surface area contributed by atoms with E-state index in [9.17, 15) is 9.18 Å². The molecule has 0 bridgehead atoms. The number of nitrogens with zero attached hydrogens (tertiary/aromatic N) is 5. The van der Waals surface area contributed by atoms with E-state index in [1.165, 1.54) is 12.1 Å². The lowest BCUT2D eigenvalue weighted by Gasteiger charge is -2.18. The number of benzene rings is 1. The van der Waals surface area contributed by atoms with Crippen molar-refractivity contribution in [2.75, 3.05) is 0 Å². The lowest BCUT2D eigenvalue weighted by molar-refractivity contribution is 0.0932. The SMILES string of the molecule is CC[C@H](NC(=O)c1nccc2cnn(-c3ccc(F)cc3)c12)c1ccnc(C#N)c1. The highest BCUT2D eigenvalue weighted by molar-refractivity contribution is 6.04. The fraction of sp³-hybridized carbons (Fsp3) is 0.136. The molecule has 0 fully saturated rings. The van der Waals surface area contributed by atoms with Crippen molar-refractivity contribution in [1.82, 2.24) is 25.1 Å². The fourth-order valence-electron chi connectivity index (χ4n) is 3.29. The van der Waals surface area contributed by atoms with Gasteiger partial charge in [0.2, 0.25) is 0 Å². The first kappa shape index (κ1) is 19.2. The van der Waals surface area contributed by atoms with E-state index >= 15 is 0 Å². The van der Waals surface area contributed by atoms with E-state index in [0.717, 1.165) is 10.9 Å². The monoisotopic (exact) mass is 400 g/mol. The van der Waals surface area contributed by atoms with Crippen LogP contribution >= 0.6 is 0 Å². The number of carbonyl (C=O) groups is 1. The molecule has 1 aromatic carbocycles. The third kappa shape index (κ3) is 3.61. The zero-order valence-corrected chi connectivity index (χ0v) is 16.1. The molecule has 3 aromatic heterocycles. The largest absolute Gasteiger partial charge is 0.344 e. The maximum Gasteiger partial charge on any atom is 0.272 e. The van der Waals surface area contributed by atoms with Gasteiger partial charge in [0.15, 0.2) is 5.69 Å². The van der Waals surface area contributed by atoms with Gasteiger partial charge in [-0.2, -0.15) is 10.4 Å². The Labute approximate surface area is 171 Å². The molecule has 8 heteroatoms. The molecule has 0 aliphatic rings. The number of rotatable bonds is 5. The van der Waals surface area contributed by atoms with E-state index in [2.05, 4.69) is 20.4 Å². The molecular formula is C22H17FN6O. The van der Waals surface area contributed by atoms with Gasteiger partial charge in [-0.15, -0.1) is 0 Å². The molecular weight excluding hydrogens is 383 g/mol. The van der Waals surface area contributed by atoms with Crippen molar-refractivity contribution < 1.29 is 9.18 Å². The summed E-state index contributed by atoms with van der Waals surface area (Å²) in [4.78, 5) is 21.4. The summed E-state index contributed by atoms with van der Waals surface area (Å²) < 4.78 is 14.9. The van der Waals surface area contributed by atoms with E-state index in [1.54, 1.807) is 53.6 Å². The van der Waals surface area contributed by atoms with E-state index in [1.807, 2.05) is 13.0 Å². The summed E-state index contributed by atoms with van der Waals surface area (Å²) >= 11 is 0. The Morgan fingerprint density at radius 2 is 1.97 bits per heavy atom. The molecule has 0 unspecified atom stereocenters. The van der Waals surface area contributed by atoms with Gasteiger partial charge in [-0.3, -0.25) is 4.79 Å². The fourth-order valence-corrected chi connectivity index (χ4v) is 3.29. The predicted molar refractivity (Wildman–Crippen MR) is 108 cm³/mol. The minimum absolute atomic E-state index is 0.210. The third-order valence-electron chi connectivity index (χ3n) is 4.78. The number of amides is 1. The molecule has 3 heterocycles. The number of halogens is 1. The average Bonchev–Trinajstić information content (AvgIpc) is 3.22. The van der Waals surface area contributed by atoms with Gasteiger partial charge >= 0.3 is 0 Å². The summed E-state index contributed by atoms with van der Waals surface area (Å²) in [5.74, 6) is -0.724. The Hall–Kier alpha value is -4.12. The van der Waals surface area contributed by atoms with E-state index in [4.69, 9.17) is 5.26 Å². The van der Waals surface area contributed by atoms with Crippen molar-refractivity contribution in [3.05, 3.63) is 83.8 Å². The molecule has 7 nitrogen and oxygen atoms in total. The Bertz CT molecular complexity index is 1260. The normalized spacial score (nSPS) is 11.8. The number of aromatic nitrogens is 4. The van der Waals surface area contributed by atoms with Gasteiger partial charge in [0.05, 0.1) is 17.9 Å². The standard InChI is InChI=1S/C22H17FN6O/c1-2-19(14-7-9-25-17(11-14)12-24)28-22(30)20-21-15(8-10-26-20)13-27-29(21)18-5-3-16(23)4-6-18/h3-11,13,19H,2H2,1H3,(H,28,30)/t19-/m0/s1. The van der Waals surface area contributed by atoms with E-state index < -0.39 is 0 Å². The number of pyridine rings is 2. The molecule has 1 atom stereocenters. The van der Waals surface area contributed by atoms with Crippen LogP contribution in [0.25, 0.3) is 16.6 Å². The summed E-state index contributed by atoms with van der Waals surface area (Å²) in [6.07, 6.45) is 5.35. The predicted octanol–water partition coefficient (Wildman–Crippen LogP) is 3.71. The van der Waals surface area contributed by atoms with Crippen molar-refractivity contribution >= 4 is 16.8 Å². The molecule has 1 N–H and O–H groups in total. The van der Waals surface area contributed by atoms with Crippen LogP contribution in [0.4, 0.5) is 4.39 Å². The Kier molecular flexibility index (Phi) is 5.18. The van der Waals surface area contributed by atoms with Crippen LogP contribution in [0.1, 0.15) is 41.1 Å². The first-order valence-electron chi connectivity index (χ1n) is 9.36. The zero-order valence-electron chi connectivity index (χ0n) is 16.1. The van der Waals surface area contributed by atoms with E-state index in [-0.39, 0.29) is 29.2 Å². The van der Waals surface area contributed by atoms with Crippen LogP contribution in [-0.4, -0.2) is 25.7 Å². The molecule has 148 valence electrons. The molecule has 0 saturated carbocycles. The summed E-state index contributed by atoms with van der Waals surface area (Å²) in [7, 11) is 0. The average molecular weight is 400 g/mol. The second kappa shape index (κ2) is 8.09. The highest BCUT2D eigenvalue weighted by Gasteiger charge is 2.20. The second-order valence-electron chi connectivity index (χ2n) is 6.65. The molecule has 4 rings (SSSR count). The summed E-state index contributed by atoms with van der Waals surface area (Å²) in [5, 5.41) is 17.2. The Morgan fingerprint density at radius 1 is 1.20 bits per heavy atom. The van der Waals surface area contributed by atoms with E-state index in [0.29, 0.717) is 17.6 Å². The van der Waals surface area contributed by atoms with Crippen molar-refractivity contribution in [2.45, 2.75) is 19.4 Å². The molecule has 0 aliphatic carbocycles. The number of hydrogen-bond acceptors (Lipinski definition) is 5. The Morgan fingerprint density at radius 3 is 2.70 bits per heavy atom. The third-order valence-corrected chi connectivity index (χ3v) is 4.78. The molecule has 0 aliphatic heterocycles. The quantitative estimate of drug-likeness (QED) is 0.551. The van der Waals surface area contributed by atoms with Gasteiger partial charge in [-0.1, -0.05) is 6.92 Å². The Balaban J connectivity index is 1.71. The van der Waals surface area contributed by atoms with Crippen LogP contribution in [0.15, 0.2) is 61.1 Å². The molecule has 30 heavy (non-hydrogen) atoms. The topological polar surface area (TPSA) is 96.5 Å². The highest BCUT2D eigenvalue weighted by atomic mass is 19.1. The van der Waals surface area contributed by atoms with Crippen LogP contribution in [0, 0.1) is 17.1 Å². The van der Waals surface area contributed by atoms with Crippen LogP contribution in [0.3, 0.4) is 0 Å². The lowest BCUT2D eigenvalue weighted by atomic mass is 10.0. The molecule has 0 spiro atoms. The zero-order chi connectivity index (χ0) is 21.1. The lowest BCUT2D eigenvalue weighted by Crippen LogP contribution is -2.29. The summed E-state index contributed by atoms with van der Waals surface area (Å²) in [6, 6.07) is 12.7. The van der Waals surface area contributed by atoms with Gasteiger partial charge < -0.3 is 5.32 Å². The number of hydrogen-bond donors (Lipinski definition) is 1. The molecule has 1 amide bonds. The minimum atomic E-state index is -0.369. The molecule has 0 saturated heterocycles. The van der Waals surface area contributed by atoms with Crippen molar-refractivity contribution in [2.24, 2.45) is 0 Å². The second-order valence-corrected chi connectivity index (χ2v) is 6.65. The van der Waals surface area contributed by atoms with Gasteiger partial charge in [0.25, 0.3) is 5.91 Å². The van der Waals surface area contributed by atoms with Crippen LogP contribution < -0.4 is 5.32 Å². The van der Waals surface area contributed by atoms with Gasteiger partial charge in [-0.05, 0) is 54.4 Å². The van der Waals surface area contributed by atoms with Gasteiger partial charge in [0, 0.05) is 17.8 Å². The van der Waals surface area contributed by atoms with Crippen molar-refractivity contribution in [1.29, 1.82) is 5.26 Å². The van der Waals surface area contributed by atoms with Crippen molar-refractivity contribution in [3.8, 4) is 11.8 Å². The number of nitrogens with one attached hydrogen (secondary N) is 1. The minimum Gasteiger partial charge on any atom is -0.344 e. The molecule has 0 radical (unpaired) electrons. The number of nitriles is 1. The first-order valence-corrected chi connectivity index (χ1v) is 9.36. The summed E-state index contributed by atoms with van der Waals surface area (Å²) in [6.45, 7) is 1.94. The first-order chi connectivity index (χ1) is 14.6. The highest BCUT2D eigenvalue weighted by Crippen LogP contribution is 2.23. The van der Waals surface area contributed by atoms with Gasteiger partial charge in [-0.25, -0.2) is 19.0 Å². The van der Waals surface area contributed by atoms with Crippen LogP contribution in [0.2, 0.25) is 0 Å². The van der Waals surface area contributed by atoms with Crippen LogP contribution in [0.5, 0.6) is 0 Å². The maximum atomic E-state index is 13.3. The smallest absolute Gasteiger partial charge is 0.272 e. The van der Waals surface area contributed by atoms with Crippen LogP contribution in [-0.2, 0) is 0 Å². The van der Waals surface area contributed by atoms with Crippen molar-refractivity contribution in [3.63, 3.8) is 0 Å². The maximum absolute atomic E-state index is 13.3. The van der Waals surface area contributed by atoms with Gasteiger partial charge in [0.1, 0.15) is 23.1 Å². The number of fused-ring (bicyclic) bond motifs is 1. The summed E-state index contributed by atoms with van der Waals surface area (Å²) in [5.41, 5.74) is 2.44. The molecule has 4 aromatic rings.